The molecule has 0 fully saturated rings. The van der Waals surface area contributed by atoms with Gasteiger partial charge in [-0.2, -0.15) is 0 Å². The highest BCUT2D eigenvalue weighted by Gasteiger charge is 2.12. The topological polar surface area (TPSA) is 78.3 Å². The maximum absolute atomic E-state index is 9.84. The first-order valence-electron chi connectivity index (χ1n) is 6.11. The minimum absolute atomic E-state index is 0.0187. The quantitative estimate of drug-likeness (QED) is 0.637. The van der Waals surface area contributed by atoms with Crippen LogP contribution in [0.4, 0.5) is 10.8 Å². The summed E-state index contributed by atoms with van der Waals surface area (Å²) in [5.41, 5.74) is 1.10. The number of hydrogen-bond acceptors (Lipinski definition) is 6. The molecule has 3 N–H and O–H groups in total. The van der Waals surface area contributed by atoms with Crippen LogP contribution in [0.25, 0.3) is 10.6 Å². The van der Waals surface area contributed by atoms with Crippen molar-refractivity contribution in [2.24, 2.45) is 0 Å². The number of hydrogen-bond donors (Lipinski definition) is 3. The van der Waals surface area contributed by atoms with E-state index in [0.717, 1.165) is 0 Å². The van der Waals surface area contributed by atoms with Crippen molar-refractivity contribution in [1.82, 2.24) is 10.2 Å². The van der Waals surface area contributed by atoms with Crippen LogP contribution in [0.3, 0.4) is 0 Å². The van der Waals surface area contributed by atoms with E-state index in [-0.39, 0.29) is 11.5 Å². The van der Waals surface area contributed by atoms with Gasteiger partial charge in [0, 0.05) is 11.1 Å². The highest BCUT2D eigenvalue weighted by Crippen LogP contribution is 2.36. The van der Waals surface area contributed by atoms with E-state index in [9.17, 15) is 10.2 Å². The number of phenols is 2. The summed E-state index contributed by atoms with van der Waals surface area (Å²) in [5.74, 6) is -0.0849. The number of rotatable bonds is 3. The average Bonchev–Trinajstić information content (AvgIpc) is 2.91. The smallest absolute Gasteiger partial charge is 0.210 e. The predicted octanol–water partition coefficient (Wildman–Crippen LogP) is 4.67. The fraction of sp³-hybridized carbons (Fsp3) is 0. The molecule has 2 aromatic carbocycles. The lowest BCUT2D eigenvalue weighted by Crippen LogP contribution is -1.90. The van der Waals surface area contributed by atoms with Gasteiger partial charge >= 0.3 is 0 Å². The van der Waals surface area contributed by atoms with Crippen molar-refractivity contribution >= 4 is 45.4 Å². The molecule has 3 aromatic rings. The molecule has 0 amide bonds. The molecule has 0 radical (unpaired) electrons. The van der Waals surface area contributed by atoms with E-state index in [1.165, 1.54) is 23.5 Å². The molecule has 0 aliphatic rings. The minimum Gasteiger partial charge on any atom is -0.508 e. The lowest BCUT2D eigenvalue weighted by molar-refractivity contribution is 0.452. The van der Waals surface area contributed by atoms with Gasteiger partial charge in [-0.05, 0) is 30.3 Å². The van der Waals surface area contributed by atoms with Crippen LogP contribution >= 0.6 is 34.5 Å². The van der Waals surface area contributed by atoms with E-state index in [1.54, 1.807) is 24.3 Å². The van der Waals surface area contributed by atoms with Crippen molar-refractivity contribution in [3.63, 3.8) is 0 Å². The first kappa shape index (κ1) is 14.9. The Morgan fingerprint density at radius 3 is 2.59 bits per heavy atom. The molecular formula is C14H9Cl2N3O2S. The maximum Gasteiger partial charge on any atom is 0.210 e. The van der Waals surface area contributed by atoms with Gasteiger partial charge in [0.25, 0.3) is 0 Å². The molecule has 22 heavy (non-hydrogen) atoms. The van der Waals surface area contributed by atoms with E-state index in [4.69, 9.17) is 23.2 Å². The second kappa shape index (κ2) is 6.00. The van der Waals surface area contributed by atoms with Crippen LogP contribution in [-0.2, 0) is 0 Å². The van der Waals surface area contributed by atoms with E-state index in [2.05, 4.69) is 15.5 Å². The summed E-state index contributed by atoms with van der Waals surface area (Å²) in [4.78, 5) is 0. The van der Waals surface area contributed by atoms with Crippen LogP contribution in [0, 0.1) is 0 Å². The zero-order chi connectivity index (χ0) is 15.7. The minimum atomic E-state index is -0.0662. The third kappa shape index (κ3) is 3.09. The Labute approximate surface area is 139 Å². The molecule has 0 unspecified atom stereocenters. The van der Waals surface area contributed by atoms with Gasteiger partial charge in [0.2, 0.25) is 5.13 Å². The monoisotopic (exact) mass is 353 g/mol. The molecule has 0 aliphatic heterocycles. The van der Waals surface area contributed by atoms with Crippen LogP contribution in [0.15, 0.2) is 36.4 Å². The number of aromatic nitrogens is 2. The summed E-state index contributed by atoms with van der Waals surface area (Å²) in [7, 11) is 0. The highest BCUT2D eigenvalue weighted by atomic mass is 35.5. The van der Waals surface area contributed by atoms with Crippen molar-refractivity contribution in [3.8, 4) is 22.1 Å². The molecule has 1 heterocycles. The Hall–Kier alpha value is -2.02. The Kier molecular flexibility index (Phi) is 4.06. The van der Waals surface area contributed by atoms with Crippen molar-refractivity contribution in [3.05, 3.63) is 46.4 Å². The fourth-order valence-corrected chi connectivity index (χ4v) is 2.92. The Morgan fingerprint density at radius 2 is 1.82 bits per heavy atom. The SMILES string of the molecule is Oc1ccc(-c2nnc(Nc3cc(Cl)ccc3Cl)s2)c(O)c1. The Bertz CT molecular complexity index is 839. The molecule has 5 nitrogen and oxygen atoms in total. The highest BCUT2D eigenvalue weighted by molar-refractivity contribution is 7.18. The van der Waals surface area contributed by atoms with E-state index in [1.807, 2.05) is 0 Å². The normalized spacial score (nSPS) is 10.6. The second-order valence-corrected chi connectivity index (χ2v) is 6.18. The molecule has 112 valence electrons. The third-order valence-corrected chi connectivity index (χ3v) is 4.24. The van der Waals surface area contributed by atoms with Gasteiger partial charge in [0.15, 0.2) is 5.01 Å². The number of nitrogens with zero attached hydrogens (tertiary/aromatic N) is 2. The molecule has 8 heteroatoms. The van der Waals surface area contributed by atoms with Crippen molar-refractivity contribution in [2.45, 2.75) is 0 Å². The largest absolute Gasteiger partial charge is 0.508 e. The van der Waals surface area contributed by atoms with Crippen LogP contribution in [0.2, 0.25) is 10.0 Å². The Morgan fingerprint density at radius 1 is 1.00 bits per heavy atom. The zero-order valence-corrected chi connectivity index (χ0v) is 13.2. The summed E-state index contributed by atoms with van der Waals surface area (Å²) in [6.45, 7) is 0. The Balaban J connectivity index is 1.89. The number of benzene rings is 2. The average molecular weight is 354 g/mol. The molecule has 3 rings (SSSR count). The van der Waals surface area contributed by atoms with E-state index >= 15 is 0 Å². The lowest BCUT2D eigenvalue weighted by atomic mass is 10.2. The first-order chi connectivity index (χ1) is 10.5. The van der Waals surface area contributed by atoms with Gasteiger partial charge in [0.1, 0.15) is 11.5 Å². The van der Waals surface area contributed by atoms with E-state index < -0.39 is 0 Å². The van der Waals surface area contributed by atoms with Crippen LogP contribution in [0.5, 0.6) is 11.5 Å². The van der Waals surface area contributed by atoms with Gasteiger partial charge in [0.05, 0.1) is 16.3 Å². The predicted molar refractivity (Wildman–Crippen MR) is 88.4 cm³/mol. The van der Waals surface area contributed by atoms with Gasteiger partial charge in [-0.25, -0.2) is 0 Å². The standard InChI is InChI=1S/C14H9Cl2N3O2S/c15-7-1-4-10(16)11(5-7)17-14-19-18-13(22-14)9-3-2-8(20)6-12(9)21/h1-6,20-21H,(H,17,19). The fourth-order valence-electron chi connectivity index (χ4n) is 1.79. The molecule has 1 aromatic heterocycles. The summed E-state index contributed by atoms with van der Waals surface area (Å²) >= 11 is 13.3. The van der Waals surface area contributed by atoms with Gasteiger partial charge in [-0.1, -0.05) is 34.5 Å². The first-order valence-corrected chi connectivity index (χ1v) is 7.68. The molecule has 0 saturated heterocycles. The zero-order valence-electron chi connectivity index (χ0n) is 10.9. The summed E-state index contributed by atoms with van der Waals surface area (Å²) in [5, 5.41) is 32.3. The van der Waals surface area contributed by atoms with E-state index in [0.29, 0.717) is 31.4 Å². The van der Waals surface area contributed by atoms with Gasteiger partial charge in [-0.15, -0.1) is 10.2 Å². The maximum atomic E-state index is 9.84. The van der Waals surface area contributed by atoms with Gasteiger partial charge in [-0.3, -0.25) is 0 Å². The molecule has 0 spiro atoms. The lowest BCUT2D eigenvalue weighted by Gasteiger charge is -2.04. The summed E-state index contributed by atoms with van der Waals surface area (Å²) in [6, 6.07) is 9.34. The van der Waals surface area contributed by atoms with Crippen molar-refractivity contribution in [2.75, 3.05) is 5.32 Å². The number of phenolic OH excluding ortho intramolecular Hbond substituents is 2. The summed E-state index contributed by atoms with van der Waals surface area (Å²) < 4.78 is 0. The second-order valence-electron chi connectivity index (χ2n) is 4.36. The number of aromatic hydroxyl groups is 2. The number of halogens is 2. The third-order valence-electron chi connectivity index (χ3n) is 2.81. The number of nitrogens with one attached hydrogen (secondary N) is 1. The van der Waals surface area contributed by atoms with Crippen LogP contribution in [0.1, 0.15) is 0 Å². The van der Waals surface area contributed by atoms with Gasteiger partial charge < -0.3 is 15.5 Å². The molecule has 0 aliphatic carbocycles. The van der Waals surface area contributed by atoms with Crippen molar-refractivity contribution < 1.29 is 10.2 Å². The molecule has 0 atom stereocenters. The molecule has 0 saturated carbocycles. The molecule has 0 bridgehead atoms. The van der Waals surface area contributed by atoms with Crippen molar-refractivity contribution in [1.29, 1.82) is 0 Å². The summed E-state index contributed by atoms with van der Waals surface area (Å²) in [6.07, 6.45) is 0. The molecular weight excluding hydrogens is 345 g/mol. The number of anilines is 2. The van der Waals surface area contributed by atoms with Crippen LogP contribution < -0.4 is 5.32 Å². The van der Waals surface area contributed by atoms with Crippen LogP contribution in [-0.4, -0.2) is 20.4 Å².